The largest absolute Gasteiger partial charge is 0.376 e. The van der Waals surface area contributed by atoms with Crippen molar-refractivity contribution in [2.24, 2.45) is 11.1 Å². The number of nitrogens with zero attached hydrogens (tertiary/aromatic N) is 1. The molecule has 2 aliphatic rings. The highest BCUT2D eigenvalue weighted by atomic mass is 32.1. The van der Waals surface area contributed by atoms with Gasteiger partial charge in [-0.3, -0.25) is 0 Å². The molecule has 2 heterocycles. The lowest BCUT2D eigenvalue weighted by atomic mass is 9.66. The van der Waals surface area contributed by atoms with Crippen LogP contribution in [0, 0.1) is 5.41 Å². The lowest BCUT2D eigenvalue weighted by Crippen LogP contribution is -2.78. The van der Waals surface area contributed by atoms with Crippen molar-refractivity contribution < 1.29 is 0 Å². The number of thiocarbonyl (C=S) groups is 1. The zero-order chi connectivity index (χ0) is 9.47. The van der Waals surface area contributed by atoms with Gasteiger partial charge < -0.3 is 16.0 Å². The first kappa shape index (κ1) is 9.21. The molecule has 74 valence electrons. The van der Waals surface area contributed by atoms with Gasteiger partial charge in [0.1, 0.15) is 0 Å². The average Bonchev–Trinajstić information content (AvgIpc) is 1.94. The van der Waals surface area contributed by atoms with Gasteiger partial charge in [0, 0.05) is 31.1 Å². The van der Waals surface area contributed by atoms with E-state index in [-0.39, 0.29) is 0 Å². The second-order valence-corrected chi connectivity index (χ2v) is 4.65. The minimum atomic E-state index is 0.513. The molecule has 0 saturated carbocycles. The van der Waals surface area contributed by atoms with Gasteiger partial charge in [0.05, 0.1) is 0 Å². The molecule has 3 N–H and O–H groups in total. The molecule has 2 aliphatic heterocycles. The van der Waals surface area contributed by atoms with Crippen molar-refractivity contribution in [3.8, 4) is 0 Å². The molecule has 13 heavy (non-hydrogen) atoms. The molecular formula is C9H17N3S. The molecule has 0 aromatic carbocycles. The van der Waals surface area contributed by atoms with Gasteiger partial charge in [0.15, 0.2) is 5.11 Å². The SMILES string of the molecule is CCCC1N(C(N)=S)CC12CNC2. The fourth-order valence-electron chi connectivity index (χ4n) is 2.53. The summed E-state index contributed by atoms with van der Waals surface area (Å²) in [6.45, 7) is 5.59. The van der Waals surface area contributed by atoms with Crippen molar-refractivity contribution in [1.82, 2.24) is 10.2 Å². The summed E-state index contributed by atoms with van der Waals surface area (Å²) in [6.07, 6.45) is 2.44. The third-order valence-electron chi connectivity index (χ3n) is 3.37. The Morgan fingerprint density at radius 3 is 2.77 bits per heavy atom. The summed E-state index contributed by atoms with van der Waals surface area (Å²) in [6, 6.07) is 0.608. The Hall–Kier alpha value is -0.350. The van der Waals surface area contributed by atoms with Gasteiger partial charge in [-0.25, -0.2) is 0 Å². The van der Waals surface area contributed by atoms with E-state index in [2.05, 4.69) is 17.1 Å². The van der Waals surface area contributed by atoms with Crippen LogP contribution < -0.4 is 11.1 Å². The van der Waals surface area contributed by atoms with Gasteiger partial charge in [0.25, 0.3) is 0 Å². The molecule has 0 aliphatic carbocycles. The fraction of sp³-hybridized carbons (Fsp3) is 0.889. The van der Waals surface area contributed by atoms with E-state index in [1.54, 1.807) is 0 Å². The van der Waals surface area contributed by atoms with Crippen molar-refractivity contribution >= 4 is 17.3 Å². The molecule has 0 bridgehead atoms. The molecule has 0 amide bonds. The summed E-state index contributed by atoms with van der Waals surface area (Å²) < 4.78 is 0. The van der Waals surface area contributed by atoms with Crippen molar-refractivity contribution in [1.29, 1.82) is 0 Å². The van der Waals surface area contributed by atoms with Crippen molar-refractivity contribution in [2.75, 3.05) is 19.6 Å². The standard InChI is InChI=1S/C9H17N3S/c1-2-3-7-9(4-11-5-9)6-12(7)8(10)13/h7,11H,2-6H2,1H3,(H2,10,13). The van der Waals surface area contributed by atoms with Gasteiger partial charge in [-0.2, -0.15) is 0 Å². The van der Waals surface area contributed by atoms with E-state index in [1.165, 1.54) is 12.8 Å². The second kappa shape index (κ2) is 3.10. The first-order valence-electron chi connectivity index (χ1n) is 4.96. The van der Waals surface area contributed by atoms with Crippen molar-refractivity contribution in [3.63, 3.8) is 0 Å². The minimum absolute atomic E-state index is 0.513. The third kappa shape index (κ3) is 1.23. The first-order valence-corrected chi connectivity index (χ1v) is 5.37. The molecule has 2 saturated heterocycles. The smallest absolute Gasteiger partial charge is 0.166 e. The predicted molar refractivity (Wildman–Crippen MR) is 57.5 cm³/mol. The van der Waals surface area contributed by atoms with E-state index in [0.29, 0.717) is 16.6 Å². The lowest BCUT2D eigenvalue weighted by Gasteiger charge is -2.63. The Bertz CT molecular complexity index is 225. The van der Waals surface area contributed by atoms with Gasteiger partial charge in [-0.15, -0.1) is 0 Å². The van der Waals surface area contributed by atoms with Crippen LogP contribution in [0.5, 0.6) is 0 Å². The highest BCUT2D eigenvalue weighted by Crippen LogP contribution is 2.43. The maximum absolute atomic E-state index is 5.66. The summed E-state index contributed by atoms with van der Waals surface area (Å²) in [7, 11) is 0. The molecule has 1 spiro atoms. The summed E-state index contributed by atoms with van der Waals surface area (Å²) in [5.74, 6) is 0. The average molecular weight is 199 g/mol. The Kier molecular flexibility index (Phi) is 2.20. The summed E-state index contributed by atoms with van der Waals surface area (Å²) >= 11 is 5.02. The van der Waals surface area contributed by atoms with Crippen LogP contribution in [0.25, 0.3) is 0 Å². The number of nitrogens with two attached hydrogens (primary N) is 1. The highest BCUT2D eigenvalue weighted by molar-refractivity contribution is 7.80. The lowest BCUT2D eigenvalue weighted by molar-refractivity contribution is -0.0668. The number of hydrogen-bond acceptors (Lipinski definition) is 2. The second-order valence-electron chi connectivity index (χ2n) is 4.24. The Morgan fingerprint density at radius 1 is 1.69 bits per heavy atom. The predicted octanol–water partition coefficient (Wildman–Crippen LogP) is 0.304. The van der Waals surface area contributed by atoms with Crippen LogP contribution >= 0.6 is 12.2 Å². The van der Waals surface area contributed by atoms with Gasteiger partial charge >= 0.3 is 0 Å². The molecule has 3 nitrogen and oxygen atoms in total. The minimum Gasteiger partial charge on any atom is -0.376 e. The number of rotatable bonds is 2. The maximum atomic E-state index is 5.66. The zero-order valence-corrected chi connectivity index (χ0v) is 8.86. The number of nitrogens with one attached hydrogen (secondary N) is 1. The van der Waals surface area contributed by atoms with Crippen LogP contribution in [0.2, 0.25) is 0 Å². The quantitative estimate of drug-likeness (QED) is 0.628. The van der Waals surface area contributed by atoms with Crippen LogP contribution in [-0.4, -0.2) is 35.7 Å². The topological polar surface area (TPSA) is 41.3 Å². The molecule has 0 aromatic heterocycles. The molecule has 0 radical (unpaired) electrons. The van der Waals surface area contributed by atoms with Crippen molar-refractivity contribution in [3.05, 3.63) is 0 Å². The Balaban J connectivity index is 2.00. The van der Waals surface area contributed by atoms with E-state index in [4.69, 9.17) is 18.0 Å². The Morgan fingerprint density at radius 2 is 2.38 bits per heavy atom. The van der Waals surface area contributed by atoms with E-state index in [1.807, 2.05) is 0 Å². The molecule has 2 rings (SSSR count). The monoisotopic (exact) mass is 199 g/mol. The van der Waals surface area contributed by atoms with E-state index >= 15 is 0 Å². The highest BCUT2D eigenvalue weighted by Gasteiger charge is 2.55. The van der Waals surface area contributed by atoms with E-state index < -0.39 is 0 Å². The molecule has 0 aromatic rings. The normalized spacial score (nSPS) is 29.6. The van der Waals surface area contributed by atoms with Crippen LogP contribution in [0.1, 0.15) is 19.8 Å². The zero-order valence-electron chi connectivity index (χ0n) is 8.05. The van der Waals surface area contributed by atoms with Gasteiger partial charge in [-0.05, 0) is 18.6 Å². The van der Waals surface area contributed by atoms with E-state index in [9.17, 15) is 0 Å². The fourth-order valence-corrected chi connectivity index (χ4v) is 2.73. The molecule has 2 fully saturated rings. The molecule has 1 atom stereocenters. The first-order chi connectivity index (χ1) is 6.19. The van der Waals surface area contributed by atoms with E-state index in [0.717, 1.165) is 19.6 Å². The van der Waals surface area contributed by atoms with Crippen LogP contribution in [0.15, 0.2) is 0 Å². The molecule has 1 unspecified atom stereocenters. The third-order valence-corrected chi connectivity index (χ3v) is 3.60. The van der Waals surface area contributed by atoms with Crippen LogP contribution in [0.3, 0.4) is 0 Å². The number of hydrogen-bond donors (Lipinski definition) is 2. The Labute approximate surface area is 84.7 Å². The molecular weight excluding hydrogens is 182 g/mol. The van der Waals surface area contributed by atoms with Crippen LogP contribution in [0.4, 0.5) is 0 Å². The van der Waals surface area contributed by atoms with Crippen LogP contribution in [-0.2, 0) is 0 Å². The number of likely N-dealkylation sites (tertiary alicyclic amines) is 1. The molecule has 4 heteroatoms. The van der Waals surface area contributed by atoms with Gasteiger partial charge in [-0.1, -0.05) is 13.3 Å². The maximum Gasteiger partial charge on any atom is 0.166 e. The summed E-state index contributed by atoms with van der Waals surface area (Å²) in [5.41, 5.74) is 6.17. The summed E-state index contributed by atoms with van der Waals surface area (Å²) in [4.78, 5) is 2.18. The van der Waals surface area contributed by atoms with Gasteiger partial charge in [0.2, 0.25) is 0 Å². The summed E-state index contributed by atoms with van der Waals surface area (Å²) in [5, 5.41) is 3.92. The van der Waals surface area contributed by atoms with Crippen molar-refractivity contribution in [2.45, 2.75) is 25.8 Å².